The molecule has 8 nitrogen and oxygen atoms in total. The van der Waals surface area contributed by atoms with E-state index in [4.69, 9.17) is 19.5 Å². The molecule has 0 fully saturated rings. The van der Waals surface area contributed by atoms with E-state index in [1.165, 1.54) is 0 Å². The van der Waals surface area contributed by atoms with Crippen molar-refractivity contribution in [3.63, 3.8) is 0 Å². The van der Waals surface area contributed by atoms with Crippen molar-refractivity contribution in [1.82, 2.24) is 10.3 Å². The third kappa shape index (κ3) is 7.92. The lowest BCUT2D eigenvalue weighted by Crippen LogP contribution is -2.31. The van der Waals surface area contributed by atoms with Crippen molar-refractivity contribution in [2.75, 3.05) is 19.8 Å². The van der Waals surface area contributed by atoms with E-state index in [9.17, 15) is 9.59 Å². The van der Waals surface area contributed by atoms with Crippen LogP contribution >= 0.6 is 0 Å². The normalized spacial score (nSPS) is 11.1. The molecule has 1 unspecified atom stereocenters. The quantitative estimate of drug-likeness (QED) is 0.201. The van der Waals surface area contributed by atoms with Gasteiger partial charge >= 0.3 is 5.97 Å². The molecule has 3 aromatic carbocycles. The first kappa shape index (κ1) is 27.9. The van der Waals surface area contributed by atoms with E-state index in [1.807, 2.05) is 42.5 Å². The molecule has 1 heterocycles. The topological polar surface area (TPSA) is 111 Å². The van der Waals surface area contributed by atoms with E-state index in [-0.39, 0.29) is 12.5 Å². The lowest BCUT2D eigenvalue weighted by molar-refractivity contribution is -0.151. The SMILES string of the molecule is CCOC(=O)C(Cc1ccc(OCCNC(=O)c2ccc(-c3ccccn3)cc2)cc1)Oc1ccc(C#N)cc1. The van der Waals surface area contributed by atoms with Crippen molar-refractivity contribution in [3.05, 3.63) is 114 Å². The van der Waals surface area contributed by atoms with Crippen LogP contribution in [0.1, 0.15) is 28.4 Å². The number of nitriles is 1. The van der Waals surface area contributed by atoms with Crippen molar-refractivity contribution in [2.24, 2.45) is 0 Å². The second-order valence-electron chi connectivity index (χ2n) is 8.74. The molecule has 1 N–H and O–H groups in total. The Bertz CT molecular complexity index is 1430. The summed E-state index contributed by atoms with van der Waals surface area (Å²) in [7, 11) is 0. The Kier molecular flexibility index (Phi) is 9.84. The molecule has 0 bridgehead atoms. The fourth-order valence-corrected chi connectivity index (χ4v) is 3.88. The standard InChI is InChI=1S/C32H29N3O5/c1-2-38-32(37)30(40-28-16-8-24(22-33)9-17-28)21-23-6-14-27(15-7-23)39-20-19-35-31(36)26-12-10-25(11-13-26)29-5-3-4-18-34-29/h3-18,30H,2,19-21H2,1H3,(H,35,36). The number of nitrogens with zero attached hydrogens (tertiary/aromatic N) is 2. The van der Waals surface area contributed by atoms with Crippen LogP contribution in [0.25, 0.3) is 11.3 Å². The number of amides is 1. The first-order chi connectivity index (χ1) is 19.6. The van der Waals surface area contributed by atoms with Gasteiger partial charge < -0.3 is 19.5 Å². The van der Waals surface area contributed by atoms with Gasteiger partial charge in [0.15, 0.2) is 6.10 Å². The molecule has 40 heavy (non-hydrogen) atoms. The minimum Gasteiger partial charge on any atom is -0.492 e. The van der Waals surface area contributed by atoms with E-state index in [1.54, 1.807) is 61.7 Å². The van der Waals surface area contributed by atoms with Crippen LogP contribution in [0.2, 0.25) is 0 Å². The lowest BCUT2D eigenvalue weighted by atomic mass is 10.1. The number of hydrogen-bond donors (Lipinski definition) is 1. The molecule has 1 atom stereocenters. The highest BCUT2D eigenvalue weighted by molar-refractivity contribution is 5.94. The molecule has 0 aliphatic rings. The van der Waals surface area contributed by atoms with E-state index >= 15 is 0 Å². The summed E-state index contributed by atoms with van der Waals surface area (Å²) in [5.41, 5.74) is 3.72. The molecule has 0 saturated heterocycles. The van der Waals surface area contributed by atoms with Crippen molar-refractivity contribution in [1.29, 1.82) is 5.26 Å². The number of benzene rings is 3. The summed E-state index contributed by atoms with van der Waals surface area (Å²) in [5, 5.41) is 11.8. The van der Waals surface area contributed by atoms with Crippen molar-refractivity contribution in [3.8, 4) is 28.8 Å². The van der Waals surface area contributed by atoms with Gasteiger partial charge in [0.05, 0.1) is 30.5 Å². The minimum atomic E-state index is -0.840. The van der Waals surface area contributed by atoms with Crippen LogP contribution in [0.5, 0.6) is 11.5 Å². The zero-order chi connectivity index (χ0) is 28.2. The minimum absolute atomic E-state index is 0.182. The predicted molar refractivity (Wildman–Crippen MR) is 150 cm³/mol. The summed E-state index contributed by atoms with van der Waals surface area (Å²) in [5.74, 6) is 0.467. The van der Waals surface area contributed by atoms with Crippen LogP contribution in [0, 0.1) is 11.3 Å². The fraction of sp³-hybridized carbons (Fsp3) is 0.188. The summed E-state index contributed by atoms with van der Waals surface area (Å²) in [6.07, 6.45) is 1.19. The summed E-state index contributed by atoms with van der Waals surface area (Å²) in [4.78, 5) is 29.3. The zero-order valence-corrected chi connectivity index (χ0v) is 22.1. The van der Waals surface area contributed by atoms with E-state index in [0.29, 0.717) is 42.2 Å². The molecular weight excluding hydrogens is 506 g/mol. The van der Waals surface area contributed by atoms with Crippen LogP contribution in [-0.2, 0) is 16.0 Å². The average molecular weight is 536 g/mol. The van der Waals surface area contributed by atoms with Crippen LogP contribution in [-0.4, -0.2) is 42.7 Å². The van der Waals surface area contributed by atoms with Crippen LogP contribution < -0.4 is 14.8 Å². The predicted octanol–water partition coefficient (Wildman–Crippen LogP) is 4.98. The van der Waals surface area contributed by atoms with Gasteiger partial charge in [-0.2, -0.15) is 5.26 Å². The number of pyridine rings is 1. The second-order valence-corrected chi connectivity index (χ2v) is 8.74. The highest BCUT2D eigenvalue weighted by Crippen LogP contribution is 2.19. The number of carbonyl (C=O) groups excluding carboxylic acids is 2. The molecule has 8 heteroatoms. The smallest absolute Gasteiger partial charge is 0.347 e. The Labute approximate surface area is 233 Å². The second kappa shape index (κ2) is 14.1. The molecule has 202 valence electrons. The van der Waals surface area contributed by atoms with Crippen LogP contribution in [0.15, 0.2) is 97.2 Å². The fourth-order valence-electron chi connectivity index (χ4n) is 3.88. The number of carbonyl (C=O) groups is 2. The maximum atomic E-state index is 12.5. The van der Waals surface area contributed by atoms with Gasteiger partial charge in [-0.25, -0.2) is 4.79 Å². The van der Waals surface area contributed by atoms with Gasteiger partial charge in [-0.1, -0.05) is 30.3 Å². The molecule has 1 amide bonds. The highest BCUT2D eigenvalue weighted by atomic mass is 16.6. The number of esters is 1. The Morgan fingerprint density at radius 2 is 1.65 bits per heavy atom. The largest absolute Gasteiger partial charge is 0.492 e. The van der Waals surface area contributed by atoms with Crippen LogP contribution in [0.4, 0.5) is 0 Å². The first-order valence-corrected chi connectivity index (χ1v) is 12.9. The van der Waals surface area contributed by atoms with Gasteiger partial charge in [-0.3, -0.25) is 9.78 Å². The molecule has 0 radical (unpaired) electrons. The number of hydrogen-bond acceptors (Lipinski definition) is 7. The molecule has 1 aromatic heterocycles. The van der Waals surface area contributed by atoms with Crippen LogP contribution in [0.3, 0.4) is 0 Å². The lowest BCUT2D eigenvalue weighted by Gasteiger charge is -2.18. The Balaban J connectivity index is 1.25. The van der Waals surface area contributed by atoms with E-state index in [2.05, 4.69) is 16.4 Å². The zero-order valence-electron chi connectivity index (χ0n) is 22.1. The monoisotopic (exact) mass is 535 g/mol. The van der Waals surface area contributed by atoms with Gasteiger partial charge in [0.1, 0.15) is 18.1 Å². The maximum Gasteiger partial charge on any atom is 0.347 e. The Morgan fingerprint density at radius 3 is 2.30 bits per heavy atom. The summed E-state index contributed by atoms with van der Waals surface area (Å²) in [6.45, 7) is 2.62. The number of rotatable bonds is 12. The van der Waals surface area contributed by atoms with Gasteiger partial charge in [0, 0.05) is 23.7 Å². The van der Waals surface area contributed by atoms with E-state index in [0.717, 1.165) is 16.8 Å². The molecular formula is C32H29N3O5. The number of ether oxygens (including phenoxy) is 3. The number of nitrogens with one attached hydrogen (secondary N) is 1. The first-order valence-electron chi connectivity index (χ1n) is 12.9. The van der Waals surface area contributed by atoms with Crippen molar-refractivity contribution < 1.29 is 23.8 Å². The summed E-state index contributed by atoms with van der Waals surface area (Å²) in [6, 6.07) is 28.9. The Hall–Kier alpha value is -5.16. The maximum absolute atomic E-state index is 12.5. The molecule has 0 saturated carbocycles. The van der Waals surface area contributed by atoms with Gasteiger partial charge in [-0.05, 0) is 73.2 Å². The van der Waals surface area contributed by atoms with Gasteiger partial charge in [0.25, 0.3) is 5.91 Å². The third-order valence-electron chi connectivity index (χ3n) is 5.92. The van der Waals surface area contributed by atoms with Gasteiger partial charge in [0.2, 0.25) is 0 Å². The molecule has 4 aromatic rings. The van der Waals surface area contributed by atoms with Crippen molar-refractivity contribution >= 4 is 11.9 Å². The number of aromatic nitrogens is 1. The third-order valence-corrected chi connectivity index (χ3v) is 5.92. The molecule has 0 spiro atoms. The highest BCUT2D eigenvalue weighted by Gasteiger charge is 2.22. The Morgan fingerprint density at radius 1 is 0.925 bits per heavy atom. The van der Waals surface area contributed by atoms with Gasteiger partial charge in [-0.15, -0.1) is 0 Å². The summed E-state index contributed by atoms with van der Waals surface area (Å²) >= 11 is 0. The van der Waals surface area contributed by atoms with E-state index < -0.39 is 12.1 Å². The molecule has 4 rings (SSSR count). The average Bonchev–Trinajstić information content (AvgIpc) is 3.00. The van der Waals surface area contributed by atoms with Crippen molar-refractivity contribution in [2.45, 2.75) is 19.4 Å². The molecule has 0 aliphatic heterocycles. The molecule has 0 aliphatic carbocycles. The summed E-state index contributed by atoms with van der Waals surface area (Å²) < 4.78 is 16.8.